The second kappa shape index (κ2) is 9.89. The summed E-state index contributed by atoms with van der Waals surface area (Å²) in [4.78, 5) is 46.8. The highest BCUT2D eigenvalue weighted by Gasteiger charge is 2.70. The summed E-state index contributed by atoms with van der Waals surface area (Å²) in [6, 6.07) is 18.3. The standard InChI is InChI=1S/C32H29ClN4O5/c1-41-24-11-10-17(14-25(24)42-2)12-13-37-29(38)26-23(15-18-16-34-22-9-4-3-6-19(18)22)36-32(27(26)30(37)39)20-7-5-8-21(33)28(20)35-31(32)40/h3-11,14,16,23,26-27,34,36H,12-13,15H2,1-2H3,(H,35,40). The van der Waals surface area contributed by atoms with E-state index < -0.39 is 23.4 Å². The molecule has 3 aliphatic rings. The van der Waals surface area contributed by atoms with Gasteiger partial charge in [0.15, 0.2) is 11.5 Å². The number of carbonyl (C=O) groups is 3. The minimum absolute atomic E-state index is 0.181. The van der Waals surface area contributed by atoms with Crippen LogP contribution in [-0.4, -0.2) is 54.4 Å². The Kier molecular flexibility index (Phi) is 6.25. The largest absolute Gasteiger partial charge is 0.493 e. The summed E-state index contributed by atoms with van der Waals surface area (Å²) >= 11 is 6.49. The minimum Gasteiger partial charge on any atom is -0.493 e. The number of likely N-dealkylation sites (tertiary alicyclic amines) is 1. The van der Waals surface area contributed by atoms with Gasteiger partial charge in [-0.25, -0.2) is 0 Å². The molecule has 9 nitrogen and oxygen atoms in total. The number of hydrogen-bond acceptors (Lipinski definition) is 6. The number of carbonyl (C=O) groups excluding carboxylic acids is 3. The van der Waals surface area contributed by atoms with E-state index in [0.717, 1.165) is 22.0 Å². The summed E-state index contributed by atoms with van der Waals surface area (Å²) in [5.74, 6) is -1.47. The van der Waals surface area contributed by atoms with Crippen LogP contribution in [0.1, 0.15) is 16.7 Å². The third kappa shape index (κ3) is 3.77. The molecular formula is C32H29ClN4O5. The van der Waals surface area contributed by atoms with Crippen molar-refractivity contribution in [2.75, 3.05) is 26.1 Å². The van der Waals surface area contributed by atoms with Gasteiger partial charge >= 0.3 is 0 Å². The molecule has 3 amide bonds. The molecule has 0 radical (unpaired) electrons. The summed E-state index contributed by atoms with van der Waals surface area (Å²) in [6.07, 6.45) is 2.82. The Balaban J connectivity index is 1.26. The maximum Gasteiger partial charge on any atom is 0.250 e. The molecule has 42 heavy (non-hydrogen) atoms. The van der Waals surface area contributed by atoms with Crippen LogP contribution in [0.4, 0.5) is 5.69 Å². The fraction of sp³-hybridized carbons (Fsp3) is 0.281. The van der Waals surface area contributed by atoms with Crippen molar-refractivity contribution >= 4 is 45.9 Å². The van der Waals surface area contributed by atoms with Gasteiger partial charge in [-0.1, -0.05) is 48.0 Å². The normalized spacial score (nSPS) is 24.4. The van der Waals surface area contributed by atoms with Gasteiger partial charge in [-0.05, 0) is 48.2 Å². The van der Waals surface area contributed by atoms with E-state index in [9.17, 15) is 14.4 Å². The van der Waals surface area contributed by atoms with Crippen LogP contribution in [0.2, 0.25) is 5.02 Å². The average Bonchev–Trinajstić information content (AvgIpc) is 3.71. The monoisotopic (exact) mass is 584 g/mol. The zero-order valence-corrected chi connectivity index (χ0v) is 23.8. The third-order valence-corrected chi connectivity index (χ3v) is 9.29. The number of rotatable bonds is 7. The van der Waals surface area contributed by atoms with E-state index >= 15 is 0 Å². The number of H-pyrrole nitrogens is 1. The van der Waals surface area contributed by atoms with Crippen molar-refractivity contribution in [1.82, 2.24) is 15.2 Å². The number of ether oxygens (including phenoxy) is 2. The molecule has 2 fully saturated rings. The predicted octanol–water partition coefficient (Wildman–Crippen LogP) is 4.04. The second-order valence-corrected chi connectivity index (χ2v) is 11.4. The predicted molar refractivity (Wildman–Crippen MR) is 158 cm³/mol. The van der Waals surface area contributed by atoms with Crippen molar-refractivity contribution in [3.63, 3.8) is 0 Å². The number of nitrogens with zero attached hydrogens (tertiary/aromatic N) is 1. The number of amides is 3. The average molecular weight is 585 g/mol. The van der Waals surface area contributed by atoms with E-state index in [4.69, 9.17) is 21.1 Å². The molecule has 10 heteroatoms. The lowest BCUT2D eigenvalue weighted by Crippen LogP contribution is -2.53. The maximum atomic E-state index is 14.2. The van der Waals surface area contributed by atoms with Crippen molar-refractivity contribution < 1.29 is 23.9 Å². The van der Waals surface area contributed by atoms with Gasteiger partial charge in [0.1, 0.15) is 5.54 Å². The number of aromatic nitrogens is 1. The molecule has 0 aliphatic carbocycles. The summed E-state index contributed by atoms with van der Waals surface area (Å²) in [7, 11) is 3.13. The van der Waals surface area contributed by atoms with Gasteiger partial charge < -0.3 is 19.8 Å². The number of aromatic amines is 1. The van der Waals surface area contributed by atoms with E-state index in [1.807, 2.05) is 42.6 Å². The van der Waals surface area contributed by atoms with Crippen LogP contribution in [-0.2, 0) is 32.8 Å². The number of benzene rings is 3. The molecule has 7 rings (SSSR count). The second-order valence-electron chi connectivity index (χ2n) is 11.0. The molecule has 0 bridgehead atoms. The summed E-state index contributed by atoms with van der Waals surface area (Å²) in [5.41, 5.74) is 2.55. The van der Waals surface area contributed by atoms with Crippen molar-refractivity contribution in [2.45, 2.75) is 24.4 Å². The van der Waals surface area contributed by atoms with Gasteiger partial charge in [-0.15, -0.1) is 0 Å². The van der Waals surface area contributed by atoms with Crippen molar-refractivity contribution in [1.29, 1.82) is 0 Å². The molecule has 3 N–H and O–H groups in total. The highest BCUT2D eigenvalue weighted by atomic mass is 35.5. The van der Waals surface area contributed by atoms with Gasteiger partial charge in [-0.3, -0.25) is 24.6 Å². The fourth-order valence-corrected chi connectivity index (χ4v) is 7.28. The first-order valence-corrected chi connectivity index (χ1v) is 14.2. The number of anilines is 1. The van der Waals surface area contributed by atoms with Gasteiger partial charge in [0.25, 0.3) is 0 Å². The Morgan fingerprint density at radius 2 is 1.76 bits per heavy atom. The van der Waals surface area contributed by atoms with Gasteiger partial charge in [0, 0.05) is 35.2 Å². The zero-order chi connectivity index (χ0) is 29.2. The number of nitrogens with one attached hydrogen (secondary N) is 3. The van der Waals surface area contributed by atoms with Crippen LogP contribution in [0.25, 0.3) is 10.9 Å². The maximum absolute atomic E-state index is 14.2. The molecule has 4 heterocycles. The molecule has 3 aliphatic heterocycles. The summed E-state index contributed by atoms with van der Waals surface area (Å²) < 4.78 is 10.8. The molecule has 2 saturated heterocycles. The fourth-order valence-electron chi connectivity index (χ4n) is 7.06. The van der Waals surface area contributed by atoms with Crippen LogP contribution in [0.15, 0.2) is 66.9 Å². The Morgan fingerprint density at radius 3 is 2.57 bits per heavy atom. The molecular weight excluding hydrogens is 556 g/mol. The van der Waals surface area contributed by atoms with Crippen LogP contribution < -0.4 is 20.1 Å². The lowest BCUT2D eigenvalue weighted by Gasteiger charge is -2.29. The summed E-state index contributed by atoms with van der Waals surface area (Å²) in [6.45, 7) is 0.181. The first-order valence-electron chi connectivity index (χ1n) is 13.9. The van der Waals surface area contributed by atoms with Crippen LogP contribution >= 0.6 is 11.6 Å². The number of methoxy groups -OCH3 is 2. The van der Waals surface area contributed by atoms with Crippen molar-refractivity contribution in [2.24, 2.45) is 11.8 Å². The topological polar surface area (TPSA) is 113 Å². The number of para-hydroxylation sites is 2. The van der Waals surface area contributed by atoms with E-state index in [-0.39, 0.29) is 24.3 Å². The van der Waals surface area contributed by atoms with Crippen molar-refractivity contribution in [3.05, 3.63) is 88.6 Å². The number of imide groups is 1. The van der Waals surface area contributed by atoms with Crippen LogP contribution in [0.5, 0.6) is 11.5 Å². The highest BCUT2D eigenvalue weighted by Crippen LogP contribution is 2.54. The molecule has 1 spiro atoms. The number of halogens is 1. The number of hydrogen-bond donors (Lipinski definition) is 3. The number of fused-ring (bicyclic) bond motifs is 5. The van der Waals surface area contributed by atoms with E-state index in [1.54, 1.807) is 38.5 Å². The Labute approximate surface area is 247 Å². The van der Waals surface area contributed by atoms with Crippen LogP contribution in [0.3, 0.4) is 0 Å². The SMILES string of the molecule is COc1ccc(CCN2C(=O)C3C(Cc4c[nH]c5ccccc45)NC4(C(=O)Nc5c(Cl)cccc54)C3C2=O)cc1OC. The van der Waals surface area contributed by atoms with E-state index in [2.05, 4.69) is 15.6 Å². The van der Waals surface area contributed by atoms with Gasteiger partial charge in [0.05, 0.1) is 36.8 Å². The molecule has 1 aromatic heterocycles. The van der Waals surface area contributed by atoms with Gasteiger partial charge in [0.2, 0.25) is 17.7 Å². The molecule has 0 saturated carbocycles. The molecule has 4 unspecified atom stereocenters. The molecule has 4 aromatic rings. The van der Waals surface area contributed by atoms with E-state index in [1.165, 1.54) is 4.90 Å². The minimum atomic E-state index is -1.41. The first kappa shape index (κ1) is 26.6. The Hall–Kier alpha value is -4.34. The zero-order valence-electron chi connectivity index (χ0n) is 23.1. The molecule has 4 atom stereocenters. The van der Waals surface area contributed by atoms with Crippen molar-refractivity contribution in [3.8, 4) is 11.5 Å². The highest BCUT2D eigenvalue weighted by molar-refractivity contribution is 6.35. The molecule has 3 aromatic carbocycles. The van der Waals surface area contributed by atoms with E-state index in [0.29, 0.717) is 40.6 Å². The lowest BCUT2D eigenvalue weighted by molar-refractivity contribution is -0.142. The Bertz CT molecular complexity index is 1770. The lowest BCUT2D eigenvalue weighted by atomic mass is 9.76. The smallest absolute Gasteiger partial charge is 0.250 e. The van der Waals surface area contributed by atoms with Crippen LogP contribution in [0, 0.1) is 11.8 Å². The quantitative estimate of drug-likeness (QED) is 0.283. The summed E-state index contributed by atoms with van der Waals surface area (Å²) in [5, 5.41) is 7.84. The Morgan fingerprint density at radius 1 is 0.952 bits per heavy atom. The third-order valence-electron chi connectivity index (χ3n) is 8.98. The van der Waals surface area contributed by atoms with Gasteiger partial charge in [-0.2, -0.15) is 0 Å². The first-order chi connectivity index (χ1) is 20.4. The molecule has 214 valence electrons.